The van der Waals surface area contributed by atoms with Gasteiger partial charge in [0.25, 0.3) is 0 Å². The van der Waals surface area contributed by atoms with Crippen LogP contribution in [0, 0.1) is 0 Å². The molecule has 0 spiro atoms. The summed E-state index contributed by atoms with van der Waals surface area (Å²) in [7, 11) is 0. The van der Waals surface area contributed by atoms with Crippen LogP contribution in [0.4, 0.5) is 0 Å². The van der Waals surface area contributed by atoms with Crippen LogP contribution in [0.5, 0.6) is 0 Å². The molecule has 0 radical (unpaired) electrons. The maximum absolute atomic E-state index is 12.2. The molecule has 1 aromatic carbocycles. The molecule has 1 amide bonds. The zero-order chi connectivity index (χ0) is 13.9. The fraction of sp³-hybridized carbons (Fsp3) is 0.562. The molecular weight excluding hydrogens is 238 g/mol. The van der Waals surface area contributed by atoms with E-state index in [1.54, 1.807) is 0 Å². The lowest BCUT2D eigenvalue weighted by molar-refractivity contribution is -0.134. The topological polar surface area (TPSA) is 29.5 Å². The molecule has 0 bridgehead atoms. The fourth-order valence-corrected chi connectivity index (χ4v) is 2.25. The predicted octanol–water partition coefficient (Wildman–Crippen LogP) is 2.39. The Kier molecular flexibility index (Phi) is 4.25. The van der Waals surface area contributed by atoms with Gasteiger partial charge in [-0.3, -0.25) is 4.79 Å². The van der Waals surface area contributed by atoms with E-state index in [-0.39, 0.29) is 11.3 Å². The summed E-state index contributed by atoms with van der Waals surface area (Å²) in [5.41, 5.74) is 2.50. The van der Waals surface area contributed by atoms with Gasteiger partial charge in [-0.1, -0.05) is 45.0 Å². The number of benzene rings is 1. The lowest BCUT2D eigenvalue weighted by Gasteiger charge is -2.27. The van der Waals surface area contributed by atoms with Crippen LogP contribution < -0.4 is 0 Å². The second-order valence-corrected chi connectivity index (χ2v) is 6.12. The van der Waals surface area contributed by atoms with Crippen LogP contribution >= 0.6 is 0 Å². The van der Waals surface area contributed by atoms with E-state index < -0.39 is 0 Å². The number of rotatable bonds is 2. The molecule has 0 aromatic heterocycles. The maximum Gasteiger partial charge on any atom is 0.227 e. The monoisotopic (exact) mass is 261 g/mol. The highest BCUT2D eigenvalue weighted by molar-refractivity contribution is 5.78. The highest BCUT2D eigenvalue weighted by Gasteiger charge is 2.18. The van der Waals surface area contributed by atoms with Gasteiger partial charge in [0, 0.05) is 13.1 Å². The molecule has 3 nitrogen and oxygen atoms in total. The van der Waals surface area contributed by atoms with Crippen molar-refractivity contribution in [2.75, 3.05) is 26.3 Å². The Morgan fingerprint density at radius 2 is 1.95 bits per heavy atom. The summed E-state index contributed by atoms with van der Waals surface area (Å²) in [6.07, 6.45) is 0.490. The Hall–Kier alpha value is -1.35. The first kappa shape index (κ1) is 14.1. The van der Waals surface area contributed by atoms with Crippen molar-refractivity contribution in [1.82, 2.24) is 4.90 Å². The van der Waals surface area contributed by atoms with Crippen molar-refractivity contribution in [2.24, 2.45) is 0 Å². The molecule has 1 aromatic rings. The molecule has 0 unspecified atom stereocenters. The third-order valence-electron chi connectivity index (χ3n) is 3.51. The molecule has 0 atom stereocenters. The standard InChI is InChI=1S/C16H23NO2/c1-16(2,3)14-6-4-5-13(11-14)12-15(18)17-7-9-19-10-8-17/h4-6,11H,7-10,12H2,1-3H3. The molecule has 0 aliphatic carbocycles. The van der Waals surface area contributed by atoms with Gasteiger partial charge in [-0.2, -0.15) is 0 Å². The van der Waals surface area contributed by atoms with E-state index in [1.807, 2.05) is 17.0 Å². The second kappa shape index (κ2) is 5.74. The lowest BCUT2D eigenvalue weighted by atomic mass is 9.86. The van der Waals surface area contributed by atoms with Gasteiger partial charge in [0.1, 0.15) is 0 Å². The zero-order valence-electron chi connectivity index (χ0n) is 12.1. The van der Waals surface area contributed by atoms with Gasteiger partial charge in [-0.25, -0.2) is 0 Å². The summed E-state index contributed by atoms with van der Waals surface area (Å²) in [6.45, 7) is 9.33. The maximum atomic E-state index is 12.2. The number of morpholine rings is 1. The quantitative estimate of drug-likeness (QED) is 0.818. The highest BCUT2D eigenvalue weighted by atomic mass is 16.5. The minimum Gasteiger partial charge on any atom is -0.378 e. The molecule has 1 heterocycles. The third-order valence-corrected chi connectivity index (χ3v) is 3.51. The van der Waals surface area contributed by atoms with Crippen LogP contribution in [0.1, 0.15) is 31.9 Å². The van der Waals surface area contributed by atoms with Crippen molar-refractivity contribution in [2.45, 2.75) is 32.6 Å². The van der Waals surface area contributed by atoms with Crippen LogP contribution in [0.25, 0.3) is 0 Å². The van der Waals surface area contributed by atoms with Crippen LogP contribution in [0.15, 0.2) is 24.3 Å². The average Bonchev–Trinajstić information content (AvgIpc) is 2.39. The number of nitrogens with zero attached hydrogens (tertiary/aromatic N) is 1. The van der Waals surface area contributed by atoms with Gasteiger partial charge >= 0.3 is 0 Å². The molecule has 19 heavy (non-hydrogen) atoms. The van der Waals surface area contributed by atoms with Crippen LogP contribution in [-0.4, -0.2) is 37.1 Å². The summed E-state index contributed by atoms with van der Waals surface area (Å²) < 4.78 is 5.27. The van der Waals surface area contributed by atoms with Crippen LogP contribution in [-0.2, 0) is 21.4 Å². The number of hydrogen-bond donors (Lipinski definition) is 0. The van der Waals surface area contributed by atoms with Gasteiger partial charge in [0.2, 0.25) is 5.91 Å². The molecule has 1 aliphatic rings. The Balaban J connectivity index is 2.04. The molecule has 0 N–H and O–H groups in total. The predicted molar refractivity (Wildman–Crippen MR) is 76.2 cm³/mol. The Labute approximate surface area is 115 Å². The first-order chi connectivity index (χ1) is 8.97. The van der Waals surface area contributed by atoms with Crippen molar-refractivity contribution in [3.05, 3.63) is 35.4 Å². The summed E-state index contributed by atoms with van der Waals surface area (Å²) in [5, 5.41) is 0. The first-order valence-corrected chi connectivity index (χ1v) is 6.92. The molecule has 1 fully saturated rings. The average molecular weight is 261 g/mol. The van der Waals surface area contributed by atoms with Crippen molar-refractivity contribution < 1.29 is 9.53 Å². The Morgan fingerprint density at radius 3 is 2.58 bits per heavy atom. The summed E-state index contributed by atoms with van der Waals surface area (Å²) >= 11 is 0. The largest absolute Gasteiger partial charge is 0.378 e. The number of hydrogen-bond acceptors (Lipinski definition) is 2. The molecule has 0 saturated carbocycles. The van der Waals surface area contributed by atoms with Crippen LogP contribution in [0.3, 0.4) is 0 Å². The van der Waals surface area contributed by atoms with Crippen LogP contribution in [0.2, 0.25) is 0 Å². The smallest absolute Gasteiger partial charge is 0.227 e. The fourth-order valence-electron chi connectivity index (χ4n) is 2.25. The van der Waals surface area contributed by atoms with Gasteiger partial charge in [0.15, 0.2) is 0 Å². The molecular formula is C16H23NO2. The molecule has 2 rings (SSSR count). The normalized spacial score (nSPS) is 16.5. The minimum absolute atomic E-state index is 0.123. The van der Waals surface area contributed by atoms with E-state index in [0.717, 1.165) is 18.7 Å². The number of carbonyl (C=O) groups excluding carboxylic acids is 1. The SMILES string of the molecule is CC(C)(C)c1cccc(CC(=O)N2CCOCC2)c1. The number of ether oxygens (including phenoxy) is 1. The molecule has 1 aliphatic heterocycles. The lowest BCUT2D eigenvalue weighted by Crippen LogP contribution is -2.41. The van der Waals surface area contributed by atoms with Gasteiger partial charge in [-0.05, 0) is 16.5 Å². The minimum atomic E-state index is 0.123. The van der Waals surface area contributed by atoms with Crippen molar-refractivity contribution in [3.8, 4) is 0 Å². The van der Waals surface area contributed by atoms with Crippen molar-refractivity contribution >= 4 is 5.91 Å². The second-order valence-electron chi connectivity index (χ2n) is 6.12. The van der Waals surface area contributed by atoms with Gasteiger partial charge < -0.3 is 9.64 Å². The van der Waals surface area contributed by atoms with Gasteiger partial charge in [-0.15, -0.1) is 0 Å². The summed E-state index contributed by atoms with van der Waals surface area (Å²) in [5.74, 6) is 0.203. The first-order valence-electron chi connectivity index (χ1n) is 6.92. The Bertz CT molecular complexity index is 442. The van der Waals surface area contributed by atoms with Crippen molar-refractivity contribution in [1.29, 1.82) is 0 Å². The van der Waals surface area contributed by atoms with Gasteiger partial charge in [0.05, 0.1) is 19.6 Å². The third kappa shape index (κ3) is 3.80. The molecule has 3 heteroatoms. The van der Waals surface area contributed by atoms with Crippen molar-refractivity contribution in [3.63, 3.8) is 0 Å². The Morgan fingerprint density at radius 1 is 1.26 bits per heavy atom. The number of amides is 1. The van der Waals surface area contributed by atoms with E-state index in [1.165, 1.54) is 5.56 Å². The van der Waals surface area contributed by atoms with E-state index in [4.69, 9.17) is 4.74 Å². The van der Waals surface area contributed by atoms with E-state index in [0.29, 0.717) is 19.6 Å². The summed E-state index contributed by atoms with van der Waals surface area (Å²) in [4.78, 5) is 14.1. The van der Waals surface area contributed by atoms with E-state index in [9.17, 15) is 4.79 Å². The zero-order valence-corrected chi connectivity index (χ0v) is 12.1. The molecule has 1 saturated heterocycles. The highest BCUT2D eigenvalue weighted by Crippen LogP contribution is 2.23. The summed E-state index contributed by atoms with van der Waals surface area (Å²) in [6, 6.07) is 8.36. The number of carbonyl (C=O) groups is 1. The van der Waals surface area contributed by atoms with E-state index >= 15 is 0 Å². The van der Waals surface area contributed by atoms with E-state index in [2.05, 4.69) is 32.9 Å². The molecule has 104 valence electrons.